The van der Waals surface area contributed by atoms with Gasteiger partial charge in [-0.1, -0.05) is 11.3 Å². The zero-order chi connectivity index (χ0) is 17.4. The number of rotatable bonds is 4. The van der Waals surface area contributed by atoms with Crippen LogP contribution < -0.4 is 14.4 Å². The van der Waals surface area contributed by atoms with Crippen molar-refractivity contribution >= 4 is 32.2 Å². The molecule has 2 aromatic rings. The average molecular weight is 382 g/mol. The molecule has 0 spiro atoms. The Hall–Kier alpha value is -1.91. The molecule has 0 saturated carbocycles. The molecule has 2 aliphatic rings. The van der Waals surface area contributed by atoms with Crippen LogP contribution >= 0.6 is 11.3 Å². The van der Waals surface area contributed by atoms with Gasteiger partial charge in [-0.15, -0.1) is 10.2 Å². The molecule has 2 aliphatic heterocycles. The van der Waals surface area contributed by atoms with Gasteiger partial charge in [0, 0.05) is 13.7 Å². The fraction of sp³-hybridized carbons (Fsp3) is 0.467. The zero-order valence-corrected chi connectivity index (χ0v) is 15.3. The number of aromatic nitrogens is 2. The van der Waals surface area contributed by atoms with Crippen LogP contribution in [-0.2, 0) is 14.8 Å². The number of hydrogen-bond donors (Lipinski definition) is 1. The third-order valence-corrected chi connectivity index (χ3v) is 6.60. The number of anilines is 2. The summed E-state index contributed by atoms with van der Waals surface area (Å²) >= 11 is 1.21. The maximum absolute atomic E-state index is 12.7. The first-order valence-corrected chi connectivity index (χ1v) is 10.3. The van der Waals surface area contributed by atoms with Gasteiger partial charge in [0.2, 0.25) is 5.13 Å². The van der Waals surface area contributed by atoms with Gasteiger partial charge in [-0.25, -0.2) is 8.42 Å². The predicted molar refractivity (Wildman–Crippen MR) is 93.9 cm³/mol. The Morgan fingerprint density at radius 3 is 3.00 bits per heavy atom. The van der Waals surface area contributed by atoms with Gasteiger partial charge < -0.3 is 14.4 Å². The number of sulfonamides is 1. The number of fused-ring (bicyclic) bond motifs is 1. The molecule has 0 amide bonds. The van der Waals surface area contributed by atoms with E-state index in [0.29, 0.717) is 30.5 Å². The van der Waals surface area contributed by atoms with Crippen molar-refractivity contribution in [3.8, 4) is 5.75 Å². The van der Waals surface area contributed by atoms with Gasteiger partial charge in [0.05, 0.1) is 17.1 Å². The van der Waals surface area contributed by atoms with E-state index >= 15 is 0 Å². The summed E-state index contributed by atoms with van der Waals surface area (Å²) < 4.78 is 38.9. The van der Waals surface area contributed by atoms with E-state index in [9.17, 15) is 8.42 Å². The van der Waals surface area contributed by atoms with Crippen LogP contribution in [0.25, 0.3) is 0 Å². The summed E-state index contributed by atoms with van der Waals surface area (Å²) in [5, 5.41) is 8.93. The van der Waals surface area contributed by atoms with Crippen LogP contribution in [0.5, 0.6) is 5.75 Å². The molecule has 4 rings (SSSR count). The fourth-order valence-electron chi connectivity index (χ4n) is 2.85. The van der Waals surface area contributed by atoms with E-state index in [2.05, 4.69) is 14.9 Å². The minimum Gasteiger partial charge on any atom is -0.490 e. The van der Waals surface area contributed by atoms with Crippen molar-refractivity contribution in [2.75, 3.05) is 36.4 Å². The highest BCUT2D eigenvalue weighted by Crippen LogP contribution is 2.35. The monoisotopic (exact) mass is 382 g/mol. The molecule has 0 aliphatic carbocycles. The molecular formula is C15H18N4O4S2. The molecule has 0 radical (unpaired) electrons. The van der Waals surface area contributed by atoms with Crippen LogP contribution in [0.3, 0.4) is 0 Å². The first-order chi connectivity index (χ1) is 12.0. The largest absolute Gasteiger partial charge is 0.490 e. The van der Waals surface area contributed by atoms with Crippen molar-refractivity contribution in [3.05, 3.63) is 23.2 Å². The average Bonchev–Trinajstić information content (AvgIpc) is 3.26. The lowest BCUT2D eigenvalue weighted by Gasteiger charge is -2.27. The van der Waals surface area contributed by atoms with Gasteiger partial charge >= 0.3 is 0 Å². The second-order valence-electron chi connectivity index (χ2n) is 5.95. The summed E-state index contributed by atoms with van der Waals surface area (Å²) in [6.45, 7) is 2.01. The number of likely N-dealkylation sites (N-methyl/N-ethyl adjacent to an activating group) is 1. The highest BCUT2D eigenvalue weighted by molar-refractivity contribution is 7.93. The first kappa shape index (κ1) is 16.6. The molecule has 1 unspecified atom stereocenters. The van der Waals surface area contributed by atoms with Crippen LogP contribution in [-0.4, -0.2) is 45.4 Å². The zero-order valence-electron chi connectivity index (χ0n) is 13.6. The Morgan fingerprint density at radius 2 is 2.20 bits per heavy atom. The molecule has 1 atom stereocenters. The molecule has 1 aromatic carbocycles. The minimum atomic E-state index is -3.75. The lowest BCUT2D eigenvalue weighted by molar-refractivity contribution is 0.111. The quantitative estimate of drug-likeness (QED) is 0.864. The van der Waals surface area contributed by atoms with Gasteiger partial charge in [0.15, 0.2) is 0 Å². The van der Waals surface area contributed by atoms with Crippen LogP contribution in [0, 0.1) is 0 Å². The molecule has 1 fully saturated rings. The van der Waals surface area contributed by atoms with Gasteiger partial charge in [-0.2, -0.15) is 0 Å². The Kier molecular flexibility index (Phi) is 4.26. The number of benzene rings is 1. The molecule has 134 valence electrons. The van der Waals surface area contributed by atoms with Crippen LogP contribution in [0.1, 0.15) is 24.0 Å². The molecule has 1 saturated heterocycles. The van der Waals surface area contributed by atoms with Crippen LogP contribution in [0.2, 0.25) is 0 Å². The maximum Gasteiger partial charge on any atom is 0.263 e. The Balaban J connectivity index is 1.56. The third kappa shape index (κ3) is 3.29. The summed E-state index contributed by atoms with van der Waals surface area (Å²) in [7, 11) is -1.84. The van der Waals surface area contributed by atoms with Crippen molar-refractivity contribution in [1.29, 1.82) is 0 Å². The summed E-state index contributed by atoms with van der Waals surface area (Å²) in [4.78, 5) is 2.13. The molecule has 8 nitrogen and oxygen atoms in total. The lowest BCUT2D eigenvalue weighted by Crippen LogP contribution is -2.29. The second kappa shape index (κ2) is 6.43. The normalized spacial score (nSPS) is 20.2. The van der Waals surface area contributed by atoms with Crippen molar-refractivity contribution in [3.63, 3.8) is 0 Å². The lowest BCUT2D eigenvalue weighted by atomic mass is 10.2. The second-order valence-corrected chi connectivity index (χ2v) is 8.64. The van der Waals surface area contributed by atoms with Gasteiger partial charge in [0.1, 0.15) is 23.5 Å². The van der Waals surface area contributed by atoms with Crippen molar-refractivity contribution in [1.82, 2.24) is 10.2 Å². The summed E-state index contributed by atoms with van der Waals surface area (Å²) in [6, 6.07) is 4.82. The Labute approximate surface area is 149 Å². The molecular weight excluding hydrogens is 364 g/mol. The summed E-state index contributed by atoms with van der Waals surface area (Å²) in [6.07, 6.45) is 1.79. The smallest absolute Gasteiger partial charge is 0.263 e. The molecule has 1 N–H and O–H groups in total. The molecule has 25 heavy (non-hydrogen) atoms. The third-order valence-electron chi connectivity index (χ3n) is 4.20. The number of hydrogen-bond acceptors (Lipinski definition) is 8. The fourth-order valence-corrected chi connectivity index (χ4v) is 4.93. The first-order valence-electron chi connectivity index (χ1n) is 7.99. The number of nitrogens with zero attached hydrogens (tertiary/aromatic N) is 3. The van der Waals surface area contributed by atoms with Crippen molar-refractivity contribution < 1.29 is 17.9 Å². The summed E-state index contributed by atoms with van der Waals surface area (Å²) in [5.74, 6) is 0.685. The van der Waals surface area contributed by atoms with Gasteiger partial charge in [-0.05, 0) is 31.0 Å². The van der Waals surface area contributed by atoms with E-state index in [1.807, 2.05) is 11.9 Å². The number of nitrogens with one attached hydrogen (secondary N) is 1. The van der Waals surface area contributed by atoms with E-state index in [0.717, 1.165) is 18.5 Å². The standard InChI is InChI=1S/C15H18N4O4S2/c1-19-6-8-23-12-5-4-10(9-11(12)19)25(20,21)18-15-17-16-14(24-15)13-3-2-7-22-13/h4-5,9,13H,2-3,6-8H2,1H3,(H,17,18). The SMILES string of the molecule is CN1CCOc2ccc(S(=O)(=O)Nc3nnc(C4CCCO4)s3)cc21. The molecule has 1 aromatic heterocycles. The minimum absolute atomic E-state index is 0.0784. The van der Waals surface area contributed by atoms with Crippen LogP contribution in [0.15, 0.2) is 23.1 Å². The van der Waals surface area contributed by atoms with Gasteiger partial charge in [0.25, 0.3) is 10.0 Å². The van der Waals surface area contributed by atoms with E-state index < -0.39 is 10.0 Å². The van der Waals surface area contributed by atoms with E-state index in [4.69, 9.17) is 9.47 Å². The van der Waals surface area contributed by atoms with Crippen molar-refractivity contribution in [2.24, 2.45) is 0 Å². The Bertz CT molecular complexity index is 877. The molecule has 10 heteroatoms. The van der Waals surface area contributed by atoms with Crippen molar-refractivity contribution in [2.45, 2.75) is 23.8 Å². The maximum atomic E-state index is 12.7. The summed E-state index contributed by atoms with van der Waals surface area (Å²) in [5.41, 5.74) is 0.756. The Morgan fingerprint density at radius 1 is 1.32 bits per heavy atom. The van der Waals surface area contributed by atoms with Crippen LogP contribution in [0.4, 0.5) is 10.8 Å². The number of ether oxygens (including phenoxy) is 2. The highest BCUT2D eigenvalue weighted by Gasteiger charge is 2.25. The van der Waals surface area contributed by atoms with E-state index in [1.54, 1.807) is 12.1 Å². The van der Waals surface area contributed by atoms with Gasteiger partial charge in [-0.3, -0.25) is 4.72 Å². The molecule has 3 heterocycles. The van der Waals surface area contributed by atoms with E-state index in [1.165, 1.54) is 17.4 Å². The molecule has 0 bridgehead atoms. The topological polar surface area (TPSA) is 93.7 Å². The predicted octanol–water partition coefficient (Wildman–Crippen LogP) is 2.02. The van der Waals surface area contributed by atoms with E-state index in [-0.39, 0.29) is 16.1 Å². The highest BCUT2D eigenvalue weighted by atomic mass is 32.2.